The van der Waals surface area contributed by atoms with Gasteiger partial charge in [0.15, 0.2) is 5.82 Å². The van der Waals surface area contributed by atoms with Crippen LogP contribution >= 0.6 is 0 Å². The van der Waals surface area contributed by atoms with Crippen molar-refractivity contribution in [1.29, 1.82) is 0 Å². The van der Waals surface area contributed by atoms with Gasteiger partial charge in [0.05, 0.1) is 11.9 Å². The van der Waals surface area contributed by atoms with Crippen molar-refractivity contribution in [2.75, 3.05) is 31.3 Å². The highest BCUT2D eigenvalue weighted by molar-refractivity contribution is 5.58. The third-order valence-electron chi connectivity index (χ3n) is 1.56. The fraction of sp³-hybridized carbons (Fsp3) is 0.500. The van der Waals surface area contributed by atoms with Crippen LogP contribution in [-0.2, 0) is 4.74 Å². The molecule has 72 valence electrons. The molecule has 0 spiro atoms. The molecule has 0 aliphatic carbocycles. The standard InChI is InChI=1S/C8H14N4O/c1-13-4-2-3-11-8-7(9)5-10-6-12-8/h5-6H,2-4,9H2,1H3,(H,10,11,12). The van der Waals surface area contributed by atoms with E-state index in [1.807, 2.05) is 0 Å². The van der Waals surface area contributed by atoms with E-state index >= 15 is 0 Å². The quantitative estimate of drug-likeness (QED) is 0.649. The summed E-state index contributed by atoms with van der Waals surface area (Å²) in [5.41, 5.74) is 6.19. The topological polar surface area (TPSA) is 73.1 Å². The lowest BCUT2D eigenvalue weighted by atomic mass is 10.4. The van der Waals surface area contributed by atoms with Crippen LogP contribution < -0.4 is 11.1 Å². The van der Waals surface area contributed by atoms with Gasteiger partial charge >= 0.3 is 0 Å². The maximum Gasteiger partial charge on any atom is 0.152 e. The van der Waals surface area contributed by atoms with Gasteiger partial charge in [-0.3, -0.25) is 0 Å². The molecule has 0 fully saturated rings. The fourth-order valence-corrected chi connectivity index (χ4v) is 0.911. The number of nitrogens with two attached hydrogens (primary N) is 1. The minimum absolute atomic E-state index is 0.569. The summed E-state index contributed by atoms with van der Waals surface area (Å²) in [6.45, 7) is 1.53. The van der Waals surface area contributed by atoms with Crippen molar-refractivity contribution in [2.45, 2.75) is 6.42 Å². The van der Waals surface area contributed by atoms with E-state index in [1.54, 1.807) is 13.3 Å². The normalized spacial score (nSPS) is 9.92. The van der Waals surface area contributed by atoms with Crippen molar-refractivity contribution in [3.63, 3.8) is 0 Å². The first kappa shape index (κ1) is 9.73. The van der Waals surface area contributed by atoms with Crippen LogP contribution in [0.1, 0.15) is 6.42 Å². The second kappa shape index (κ2) is 5.31. The van der Waals surface area contributed by atoms with Crippen LogP contribution in [0.2, 0.25) is 0 Å². The van der Waals surface area contributed by atoms with Crippen molar-refractivity contribution >= 4 is 11.5 Å². The lowest BCUT2D eigenvalue weighted by molar-refractivity contribution is 0.198. The molecule has 0 unspecified atom stereocenters. The number of hydrogen-bond donors (Lipinski definition) is 2. The Hall–Kier alpha value is -1.36. The van der Waals surface area contributed by atoms with E-state index in [0.29, 0.717) is 11.5 Å². The molecule has 0 aliphatic rings. The van der Waals surface area contributed by atoms with E-state index < -0.39 is 0 Å². The summed E-state index contributed by atoms with van der Waals surface area (Å²) in [7, 11) is 1.68. The van der Waals surface area contributed by atoms with Gasteiger partial charge in [-0.1, -0.05) is 0 Å². The molecule has 1 rings (SSSR count). The summed E-state index contributed by atoms with van der Waals surface area (Å²) < 4.78 is 4.91. The summed E-state index contributed by atoms with van der Waals surface area (Å²) in [5, 5.41) is 3.09. The van der Waals surface area contributed by atoms with Crippen LogP contribution in [0.25, 0.3) is 0 Å². The van der Waals surface area contributed by atoms with Crippen LogP contribution in [-0.4, -0.2) is 30.2 Å². The largest absolute Gasteiger partial charge is 0.394 e. The molecule has 0 saturated heterocycles. The van der Waals surface area contributed by atoms with Gasteiger partial charge in [0.2, 0.25) is 0 Å². The zero-order chi connectivity index (χ0) is 9.52. The van der Waals surface area contributed by atoms with Crippen LogP contribution in [0.4, 0.5) is 11.5 Å². The summed E-state index contributed by atoms with van der Waals surface area (Å²) in [6, 6.07) is 0. The minimum atomic E-state index is 0.569. The smallest absolute Gasteiger partial charge is 0.152 e. The highest BCUT2D eigenvalue weighted by atomic mass is 16.5. The molecule has 3 N–H and O–H groups in total. The monoisotopic (exact) mass is 182 g/mol. The molecule has 0 aliphatic heterocycles. The van der Waals surface area contributed by atoms with Crippen LogP contribution in [0, 0.1) is 0 Å². The van der Waals surface area contributed by atoms with Crippen molar-refractivity contribution < 1.29 is 4.74 Å². The lowest BCUT2D eigenvalue weighted by Crippen LogP contribution is -2.08. The molecule has 0 amide bonds. The van der Waals surface area contributed by atoms with Gasteiger partial charge in [0, 0.05) is 20.3 Å². The SMILES string of the molecule is COCCCNc1ncncc1N. The summed E-state index contributed by atoms with van der Waals surface area (Å²) >= 11 is 0. The third-order valence-corrected chi connectivity index (χ3v) is 1.56. The number of nitrogens with one attached hydrogen (secondary N) is 1. The van der Waals surface area contributed by atoms with Crippen LogP contribution in [0.3, 0.4) is 0 Å². The number of aromatic nitrogens is 2. The summed E-state index contributed by atoms with van der Waals surface area (Å²) in [4.78, 5) is 7.78. The van der Waals surface area contributed by atoms with E-state index in [0.717, 1.165) is 19.6 Å². The first-order valence-electron chi connectivity index (χ1n) is 4.13. The average molecular weight is 182 g/mol. The molecule has 1 aromatic heterocycles. The van der Waals surface area contributed by atoms with E-state index in [1.165, 1.54) is 6.33 Å². The van der Waals surface area contributed by atoms with E-state index in [9.17, 15) is 0 Å². The van der Waals surface area contributed by atoms with Gasteiger partial charge in [-0.2, -0.15) is 0 Å². The third kappa shape index (κ3) is 3.25. The summed E-state index contributed by atoms with van der Waals surface area (Å²) in [6.07, 6.45) is 3.97. The molecule has 5 nitrogen and oxygen atoms in total. The highest BCUT2D eigenvalue weighted by Crippen LogP contribution is 2.10. The van der Waals surface area contributed by atoms with Gasteiger partial charge in [0.1, 0.15) is 6.33 Å². The second-order valence-corrected chi connectivity index (χ2v) is 2.60. The summed E-state index contributed by atoms with van der Waals surface area (Å²) in [5.74, 6) is 0.686. The Morgan fingerprint density at radius 3 is 3.15 bits per heavy atom. The van der Waals surface area contributed by atoms with Gasteiger partial charge in [0.25, 0.3) is 0 Å². The van der Waals surface area contributed by atoms with Gasteiger partial charge in [-0.25, -0.2) is 9.97 Å². The van der Waals surface area contributed by atoms with Crippen molar-refractivity contribution in [2.24, 2.45) is 0 Å². The Morgan fingerprint density at radius 2 is 2.46 bits per heavy atom. The first-order chi connectivity index (χ1) is 6.34. The Kier molecular flexibility index (Phi) is 3.98. The number of nitrogen functional groups attached to an aromatic ring is 1. The molecule has 0 radical (unpaired) electrons. The maximum absolute atomic E-state index is 5.62. The highest BCUT2D eigenvalue weighted by Gasteiger charge is 1.97. The van der Waals surface area contributed by atoms with E-state index in [4.69, 9.17) is 10.5 Å². The lowest BCUT2D eigenvalue weighted by Gasteiger charge is -2.06. The molecule has 1 heterocycles. The number of nitrogens with zero attached hydrogens (tertiary/aromatic N) is 2. The van der Waals surface area contributed by atoms with Crippen LogP contribution in [0.15, 0.2) is 12.5 Å². The predicted molar refractivity (Wildman–Crippen MR) is 51.4 cm³/mol. The number of hydrogen-bond acceptors (Lipinski definition) is 5. The van der Waals surface area contributed by atoms with Crippen molar-refractivity contribution in [3.05, 3.63) is 12.5 Å². The zero-order valence-electron chi connectivity index (χ0n) is 7.66. The number of anilines is 2. The molecule has 0 atom stereocenters. The molecular formula is C8H14N4O. The molecule has 1 aromatic rings. The molecular weight excluding hydrogens is 168 g/mol. The number of rotatable bonds is 5. The van der Waals surface area contributed by atoms with E-state index in [2.05, 4.69) is 15.3 Å². The maximum atomic E-state index is 5.62. The Morgan fingerprint density at radius 1 is 1.62 bits per heavy atom. The molecule has 0 bridgehead atoms. The zero-order valence-corrected chi connectivity index (χ0v) is 7.66. The molecule has 0 aromatic carbocycles. The number of methoxy groups -OCH3 is 1. The Balaban J connectivity index is 2.32. The van der Waals surface area contributed by atoms with Gasteiger partial charge < -0.3 is 15.8 Å². The molecule has 13 heavy (non-hydrogen) atoms. The van der Waals surface area contributed by atoms with Crippen molar-refractivity contribution in [3.8, 4) is 0 Å². The Labute approximate surface area is 77.3 Å². The second-order valence-electron chi connectivity index (χ2n) is 2.60. The van der Waals surface area contributed by atoms with Crippen molar-refractivity contribution in [1.82, 2.24) is 9.97 Å². The van der Waals surface area contributed by atoms with Gasteiger partial charge in [-0.15, -0.1) is 0 Å². The number of ether oxygens (including phenoxy) is 1. The molecule has 5 heteroatoms. The van der Waals surface area contributed by atoms with Crippen LogP contribution in [0.5, 0.6) is 0 Å². The Bertz CT molecular complexity index is 254. The first-order valence-corrected chi connectivity index (χ1v) is 4.13. The average Bonchev–Trinajstić information content (AvgIpc) is 2.15. The molecule has 0 saturated carbocycles. The minimum Gasteiger partial charge on any atom is -0.394 e. The fourth-order valence-electron chi connectivity index (χ4n) is 0.911. The van der Waals surface area contributed by atoms with E-state index in [-0.39, 0.29) is 0 Å². The predicted octanol–water partition coefficient (Wildman–Crippen LogP) is 0.507. The van der Waals surface area contributed by atoms with Gasteiger partial charge in [-0.05, 0) is 6.42 Å².